The highest BCUT2D eigenvalue weighted by Crippen LogP contribution is 2.18. The lowest BCUT2D eigenvalue weighted by molar-refractivity contribution is -0.115. The van der Waals surface area contributed by atoms with Crippen molar-refractivity contribution in [1.29, 1.82) is 0 Å². The highest BCUT2D eigenvalue weighted by Gasteiger charge is 2.08. The van der Waals surface area contributed by atoms with Gasteiger partial charge in [0.05, 0.1) is 18.3 Å². The van der Waals surface area contributed by atoms with Crippen LogP contribution in [0.4, 0.5) is 21.6 Å². The van der Waals surface area contributed by atoms with E-state index in [1.807, 2.05) is 18.2 Å². The number of hydrogen-bond donors (Lipinski definition) is 2. The summed E-state index contributed by atoms with van der Waals surface area (Å²) >= 11 is 0. The average molecular weight is 349 g/mol. The van der Waals surface area contributed by atoms with Crippen LogP contribution in [0.25, 0.3) is 0 Å². The first-order valence-electron chi connectivity index (χ1n) is 8.49. The topological polar surface area (TPSA) is 54.0 Å². The molecule has 3 rings (SSSR count). The van der Waals surface area contributed by atoms with Gasteiger partial charge < -0.3 is 10.6 Å². The van der Waals surface area contributed by atoms with Crippen LogP contribution in [-0.4, -0.2) is 10.9 Å². The molecule has 2 N–H and O–H groups in total. The lowest BCUT2D eigenvalue weighted by Gasteiger charge is -2.09. The first-order valence-corrected chi connectivity index (χ1v) is 8.49. The number of amides is 1. The zero-order valence-electron chi connectivity index (χ0n) is 14.5. The summed E-state index contributed by atoms with van der Waals surface area (Å²) in [6, 6.07) is 18.0. The molecule has 0 radical (unpaired) electrons. The predicted molar refractivity (Wildman–Crippen MR) is 102 cm³/mol. The van der Waals surface area contributed by atoms with Gasteiger partial charge in [0.15, 0.2) is 0 Å². The van der Waals surface area contributed by atoms with E-state index in [0.717, 1.165) is 17.8 Å². The molecule has 3 aromatic rings. The normalized spacial score (nSPS) is 10.4. The second-order valence-electron chi connectivity index (χ2n) is 5.92. The SMILES string of the molecule is CCc1ccc(Nc2ccc(NC(=O)Cc3ccccc3F)nc2)cc1. The molecule has 0 fully saturated rings. The highest BCUT2D eigenvalue weighted by atomic mass is 19.1. The minimum atomic E-state index is -0.385. The number of rotatable bonds is 6. The molecular formula is C21H20FN3O. The minimum Gasteiger partial charge on any atom is -0.354 e. The molecule has 1 aromatic heterocycles. The molecule has 0 spiro atoms. The van der Waals surface area contributed by atoms with Crippen molar-refractivity contribution in [2.45, 2.75) is 19.8 Å². The molecule has 0 saturated carbocycles. The summed E-state index contributed by atoms with van der Waals surface area (Å²) in [6.07, 6.45) is 2.62. The Hall–Kier alpha value is -3.21. The number of anilines is 3. The third-order valence-corrected chi connectivity index (χ3v) is 3.99. The fourth-order valence-electron chi connectivity index (χ4n) is 2.53. The molecule has 1 heterocycles. The molecule has 0 bridgehead atoms. The summed E-state index contributed by atoms with van der Waals surface area (Å²) in [5.41, 5.74) is 3.43. The van der Waals surface area contributed by atoms with E-state index in [9.17, 15) is 9.18 Å². The van der Waals surface area contributed by atoms with Gasteiger partial charge in [-0.2, -0.15) is 0 Å². The number of carbonyl (C=O) groups is 1. The summed E-state index contributed by atoms with van der Waals surface area (Å²) in [4.78, 5) is 16.3. The van der Waals surface area contributed by atoms with Crippen molar-refractivity contribution in [3.8, 4) is 0 Å². The van der Waals surface area contributed by atoms with E-state index < -0.39 is 0 Å². The van der Waals surface area contributed by atoms with Crippen molar-refractivity contribution in [3.63, 3.8) is 0 Å². The van der Waals surface area contributed by atoms with Crippen LogP contribution in [0.2, 0.25) is 0 Å². The molecule has 0 aliphatic heterocycles. The van der Waals surface area contributed by atoms with Gasteiger partial charge in [-0.15, -0.1) is 0 Å². The van der Waals surface area contributed by atoms with Crippen molar-refractivity contribution in [3.05, 3.63) is 83.8 Å². The third kappa shape index (κ3) is 4.66. The van der Waals surface area contributed by atoms with Crippen molar-refractivity contribution in [1.82, 2.24) is 4.98 Å². The number of benzene rings is 2. The zero-order chi connectivity index (χ0) is 18.4. The molecule has 1 amide bonds. The molecule has 2 aromatic carbocycles. The molecule has 0 atom stereocenters. The zero-order valence-corrected chi connectivity index (χ0v) is 14.5. The van der Waals surface area contributed by atoms with Crippen molar-refractivity contribution in [2.75, 3.05) is 10.6 Å². The highest BCUT2D eigenvalue weighted by molar-refractivity contribution is 5.91. The fraction of sp³-hybridized carbons (Fsp3) is 0.143. The van der Waals surface area contributed by atoms with Crippen LogP contribution in [-0.2, 0) is 17.6 Å². The molecule has 26 heavy (non-hydrogen) atoms. The third-order valence-electron chi connectivity index (χ3n) is 3.99. The lowest BCUT2D eigenvalue weighted by atomic mass is 10.1. The van der Waals surface area contributed by atoms with Crippen LogP contribution in [0.5, 0.6) is 0 Å². The Labute approximate surface area is 152 Å². The Morgan fingerprint density at radius 1 is 1.00 bits per heavy atom. The lowest BCUT2D eigenvalue weighted by Crippen LogP contribution is -2.16. The molecule has 5 heteroatoms. The van der Waals surface area contributed by atoms with Gasteiger partial charge in [0.25, 0.3) is 0 Å². The van der Waals surface area contributed by atoms with Gasteiger partial charge in [-0.1, -0.05) is 37.3 Å². The van der Waals surface area contributed by atoms with Crippen molar-refractivity contribution < 1.29 is 9.18 Å². The van der Waals surface area contributed by atoms with Crippen LogP contribution in [0.15, 0.2) is 66.9 Å². The minimum absolute atomic E-state index is 0.0296. The number of carbonyl (C=O) groups excluding carboxylic acids is 1. The Balaban J connectivity index is 1.58. The van der Waals surface area contributed by atoms with E-state index in [0.29, 0.717) is 11.4 Å². The fourth-order valence-corrected chi connectivity index (χ4v) is 2.53. The average Bonchev–Trinajstić information content (AvgIpc) is 2.66. The largest absolute Gasteiger partial charge is 0.354 e. The van der Waals surface area contributed by atoms with Crippen LogP contribution in [0, 0.1) is 5.82 Å². The Bertz CT molecular complexity index is 877. The van der Waals surface area contributed by atoms with Crippen molar-refractivity contribution in [2.24, 2.45) is 0 Å². The van der Waals surface area contributed by atoms with Gasteiger partial charge in [-0.25, -0.2) is 9.37 Å². The van der Waals surface area contributed by atoms with Crippen LogP contribution < -0.4 is 10.6 Å². The first-order chi connectivity index (χ1) is 12.6. The van der Waals surface area contributed by atoms with Gasteiger partial charge in [-0.05, 0) is 47.9 Å². The van der Waals surface area contributed by atoms with Crippen LogP contribution in [0.1, 0.15) is 18.1 Å². The molecule has 0 unspecified atom stereocenters. The molecular weight excluding hydrogens is 329 g/mol. The van der Waals surface area contributed by atoms with E-state index in [1.165, 1.54) is 11.6 Å². The van der Waals surface area contributed by atoms with E-state index in [2.05, 4.69) is 34.7 Å². The maximum Gasteiger partial charge on any atom is 0.230 e. The number of aryl methyl sites for hydroxylation is 1. The number of nitrogens with one attached hydrogen (secondary N) is 2. The Morgan fingerprint density at radius 3 is 2.38 bits per heavy atom. The molecule has 0 aliphatic rings. The van der Waals surface area contributed by atoms with Gasteiger partial charge in [0.1, 0.15) is 11.6 Å². The van der Waals surface area contributed by atoms with E-state index in [-0.39, 0.29) is 18.1 Å². The van der Waals surface area contributed by atoms with E-state index >= 15 is 0 Å². The first kappa shape index (κ1) is 17.6. The number of pyridine rings is 1. The van der Waals surface area contributed by atoms with Crippen molar-refractivity contribution >= 4 is 23.1 Å². The number of aromatic nitrogens is 1. The maximum atomic E-state index is 13.6. The Morgan fingerprint density at radius 2 is 1.73 bits per heavy atom. The quantitative estimate of drug-likeness (QED) is 0.678. The Kier molecular flexibility index (Phi) is 5.59. The number of nitrogens with zero attached hydrogens (tertiary/aromatic N) is 1. The summed E-state index contributed by atoms with van der Waals surface area (Å²) in [5.74, 6) is -0.263. The molecule has 4 nitrogen and oxygen atoms in total. The van der Waals surface area contributed by atoms with Gasteiger partial charge in [-0.3, -0.25) is 4.79 Å². The standard InChI is InChI=1S/C21H20FN3O/c1-2-15-7-9-17(10-8-15)24-18-11-12-20(23-14-18)25-21(26)13-16-5-3-4-6-19(16)22/h3-12,14,24H,2,13H2,1H3,(H,23,25,26). The van der Waals surface area contributed by atoms with Crippen LogP contribution in [0.3, 0.4) is 0 Å². The molecule has 0 aliphatic carbocycles. The number of hydrogen-bond acceptors (Lipinski definition) is 3. The smallest absolute Gasteiger partial charge is 0.230 e. The summed E-state index contributed by atoms with van der Waals surface area (Å²) in [6.45, 7) is 2.12. The predicted octanol–water partition coefficient (Wildman–Crippen LogP) is 4.71. The summed E-state index contributed by atoms with van der Waals surface area (Å²) in [5, 5.41) is 5.94. The summed E-state index contributed by atoms with van der Waals surface area (Å²) in [7, 11) is 0. The molecule has 132 valence electrons. The second-order valence-corrected chi connectivity index (χ2v) is 5.92. The maximum absolute atomic E-state index is 13.6. The van der Waals surface area contributed by atoms with Gasteiger partial charge in [0, 0.05) is 5.69 Å². The van der Waals surface area contributed by atoms with Gasteiger partial charge >= 0.3 is 0 Å². The van der Waals surface area contributed by atoms with E-state index in [1.54, 1.807) is 30.5 Å². The summed E-state index contributed by atoms with van der Waals surface area (Å²) < 4.78 is 13.6. The van der Waals surface area contributed by atoms with Gasteiger partial charge in [0.2, 0.25) is 5.91 Å². The number of halogens is 1. The second kappa shape index (κ2) is 8.25. The van der Waals surface area contributed by atoms with Crippen LogP contribution >= 0.6 is 0 Å². The monoisotopic (exact) mass is 349 g/mol. The van der Waals surface area contributed by atoms with E-state index in [4.69, 9.17) is 0 Å². The molecule has 0 saturated heterocycles.